The number of imidazole rings is 4. The minimum absolute atomic E-state index is 0.221. The van der Waals surface area contributed by atoms with Crippen molar-refractivity contribution >= 4 is 167 Å². The standard InChI is InChI=1S/C34H30N8O.C31H24N8O.C26H21N7O.C22H21N7/c1-4-42(5-2)23-13-14-28(20(3)15-23)38-34(43)25-11-8-12-29-30(25)39-33(37-29)31-26-16-22(18-36-32(26)41-40-31)27-19-35-17-21-9-6-7-10-24(21)27;1-39(2)21-12-10-20(11-13-21)34-31(40)23-8-5-9-26-27(23)36-30(35-26)28-24-14-19(16-33-29(24)38-37-28)25-17-32-15-18-6-3-4-7-22(18)25;1-2-4-19-16(3-1)13-27-15-21(19)17-11-20-24(31-32-25(20)28-14-17)26-29-22-6-5-18(12-23(22)30-26)33-7-9-34-10-8-33;1-3-29(4-2)16-7-8-18-19(11-16)26-22(25-18)20-17-10-15(13-24-21(17)28-27-20)14-6-5-9-23-12-14/h6-19H,4-5H2,1-3H3,(H,37,39)(H,38,43)(H,36,40,41);3-17H,1-2H3,(H,34,40)(H,35,36)(H,33,37,38);1-6,11-15H,7-10H2,(H,29,30)(H,28,31,32);5-13H,3-4H2,1-2H3,(H,25,26)(H,24,27,28). The summed E-state index contributed by atoms with van der Waals surface area (Å²) in [5.41, 5.74) is 27.8. The van der Waals surface area contributed by atoms with Gasteiger partial charge in [0.2, 0.25) is 0 Å². The molecule has 0 atom stereocenters. The van der Waals surface area contributed by atoms with Crippen molar-refractivity contribution in [3.8, 4) is 90.6 Å². The lowest BCUT2D eigenvalue weighted by molar-refractivity contribution is 0.102. The van der Waals surface area contributed by atoms with E-state index in [1.165, 1.54) is 11.4 Å². The van der Waals surface area contributed by atoms with Crippen LogP contribution in [0.2, 0.25) is 0 Å². The third kappa shape index (κ3) is 17.7. The largest absolute Gasteiger partial charge is 0.378 e. The van der Waals surface area contributed by atoms with Crippen molar-refractivity contribution in [2.24, 2.45) is 0 Å². The first-order chi connectivity index (χ1) is 71.7. The number of fused-ring (bicyclic) bond motifs is 11. The molecule has 0 saturated carbocycles. The highest BCUT2D eigenvalue weighted by Gasteiger charge is 2.26. The Labute approximate surface area is 834 Å². The lowest BCUT2D eigenvalue weighted by Gasteiger charge is -2.28. The molecule has 1 saturated heterocycles. The molecule has 146 heavy (non-hydrogen) atoms. The summed E-state index contributed by atoms with van der Waals surface area (Å²) in [5.74, 6) is 2.14. The molecular weight excluding hydrogens is 1830 g/mol. The van der Waals surface area contributed by atoms with Gasteiger partial charge >= 0.3 is 0 Å². The Bertz CT molecular complexity index is 9200. The predicted molar refractivity (Wildman–Crippen MR) is 579 cm³/mol. The summed E-state index contributed by atoms with van der Waals surface area (Å²) in [6.45, 7) is 17.7. The molecule has 2 amide bonds. The first-order valence-corrected chi connectivity index (χ1v) is 48.3. The fourth-order valence-corrected chi connectivity index (χ4v) is 19.0. The van der Waals surface area contributed by atoms with Crippen molar-refractivity contribution in [1.82, 2.24) is 121 Å². The molecule has 33 heteroatoms. The maximum atomic E-state index is 13.5. The van der Waals surface area contributed by atoms with Gasteiger partial charge in [0, 0.05) is 223 Å². The molecule has 0 radical (unpaired) electrons. The summed E-state index contributed by atoms with van der Waals surface area (Å²) >= 11 is 0. The van der Waals surface area contributed by atoms with Crippen LogP contribution in [0.4, 0.5) is 34.1 Å². The molecular formula is C113H96N30O3. The van der Waals surface area contributed by atoms with Crippen LogP contribution in [-0.2, 0) is 4.74 Å². The van der Waals surface area contributed by atoms with E-state index in [0.717, 1.165) is 230 Å². The second-order valence-electron chi connectivity index (χ2n) is 35.7. The van der Waals surface area contributed by atoms with E-state index in [2.05, 4.69) is 239 Å². The van der Waals surface area contributed by atoms with Gasteiger partial charge in [-0.3, -0.25) is 49.9 Å². The Kier molecular flexibility index (Phi) is 24.3. The predicted octanol–water partition coefficient (Wildman–Crippen LogP) is 22.1. The molecule has 1 aliphatic rings. The lowest BCUT2D eigenvalue weighted by Crippen LogP contribution is -2.36. The fourth-order valence-electron chi connectivity index (χ4n) is 19.0. The Hall–Kier alpha value is -19.2. The zero-order chi connectivity index (χ0) is 99.0. The number of carbonyl (C=O) groups excluding carboxylic acids is 2. The maximum Gasteiger partial charge on any atom is 0.257 e. The maximum absolute atomic E-state index is 13.5. The quantitative estimate of drug-likeness (QED) is 0.0339. The molecule has 0 unspecified atom stereocenters. The topological polar surface area (TPSA) is 413 Å². The van der Waals surface area contributed by atoms with Crippen LogP contribution >= 0.6 is 0 Å². The second kappa shape index (κ2) is 39.1. The fraction of sp³-hybridized carbons (Fsp3) is 0.133. The van der Waals surface area contributed by atoms with Crippen LogP contribution in [0.25, 0.3) is 211 Å². The van der Waals surface area contributed by atoms with E-state index in [1.54, 1.807) is 18.3 Å². The van der Waals surface area contributed by atoms with Gasteiger partial charge in [0.15, 0.2) is 45.9 Å². The molecule has 0 spiro atoms. The van der Waals surface area contributed by atoms with Gasteiger partial charge in [-0.1, -0.05) is 91.0 Å². The van der Waals surface area contributed by atoms with Gasteiger partial charge < -0.3 is 54.9 Å². The molecule has 9 aromatic carbocycles. The number of pyridine rings is 8. The number of benzene rings is 9. The van der Waals surface area contributed by atoms with Gasteiger partial charge in [-0.05, 0) is 190 Å². The molecule has 1 aliphatic heterocycles. The molecule has 17 heterocycles. The lowest BCUT2D eigenvalue weighted by atomic mass is 10.0. The summed E-state index contributed by atoms with van der Waals surface area (Å²) < 4.78 is 5.49. The molecule has 0 aliphatic carbocycles. The van der Waals surface area contributed by atoms with Crippen molar-refractivity contribution < 1.29 is 14.3 Å². The molecule has 10 N–H and O–H groups in total. The van der Waals surface area contributed by atoms with Crippen LogP contribution in [-0.4, -0.2) is 199 Å². The number of anilines is 6. The van der Waals surface area contributed by atoms with E-state index in [4.69, 9.17) is 24.7 Å². The molecule has 25 aromatic rings. The van der Waals surface area contributed by atoms with Crippen molar-refractivity contribution in [2.45, 2.75) is 34.6 Å². The van der Waals surface area contributed by atoms with Gasteiger partial charge in [0.1, 0.15) is 33.8 Å². The number of hydrogen-bond acceptors (Lipinski definition) is 23. The Morgan fingerprint density at radius 2 is 0.842 bits per heavy atom. The minimum Gasteiger partial charge on any atom is -0.378 e. The van der Waals surface area contributed by atoms with Crippen LogP contribution in [0.3, 0.4) is 0 Å². The number of amides is 2. The van der Waals surface area contributed by atoms with Gasteiger partial charge in [-0.25, -0.2) is 39.9 Å². The molecule has 16 aromatic heterocycles. The van der Waals surface area contributed by atoms with Gasteiger partial charge in [0.25, 0.3) is 11.8 Å². The Morgan fingerprint density at radius 3 is 1.36 bits per heavy atom. The van der Waals surface area contributed by atoms with E-state index < -0.39 is 0 Å². The van der Waals surface area contributed by atoms with E-state index >= 15 is 0 Å². The van der Waals surface area contributed by atoms with Crippen molar-refractivity contribution in [1.29, 1.82) is 0 Å². The highest BCUT2D eigenvalue weighted by molar-refractivity contribution is 6.14. The number of carbonyl (C=O) groups is 2. The number of morpholine rings is 1. The molecule has 1 fully saturated rings. The Morgan fingerprint density at radius 1 is 0.377 bits per heavy atom. The molecule has 716 valence electrons. The monoisotopic (exact) mass is 1920 g/mol. The minimum atomic E-state index is -0.236. The summed E-state index contributed by atoms with van der Waals surface area (Å²) in [7, 11) is 3.95. The summed E-state index contributed by atoms with van der Waals surface area (Å²) in [4.78, 5) is 104. The second-order valence-corrected chi connectivity index (χ2v) is 35.7. The van der Waals surface area contributed by atoms with E-state index in [0.29, 0.717) is 73.5 Å². The van der Waals surface area contributed by atoms with Crippen molar-refractivity contribution in [3.05, 3.63) is 316 Å². The van der Waals surface area contributed by atoms with Crippen LogP contribution < -0.4 is 30.2 Å². The Balaban J connectivity index is 0.000000108. The summed E-state index contributed by atoms with van der Waals surface area (Å²) in [6.07, 6.45) is 22.1. The van der Waals surface area contributed by atoms with Crippen LogP contribution in [0.5, 0.6) is 0 Å². The highest BCUT2D eigenvalue weighted by atomic mass is 16.5. The number of nitrogens with zero attached hydrogens (tertiary/aromatic N) is 20. The summed E-state index contributed by atoms with van der Waals surface area (Å²) in [6, 6.07) is 74.3. The number of aromatic nitrogens is 24. The number of ether oxygens (including phenoxy) is 1. The average molecular weight is 1920 g/mol. The van der Waals surface area contributed by atoms with Crippen LogP contribution in [0, 0.1) is 6.92 Å². The highest BCUT2D eigenvalue weighted by Crippen LogP contribution is 2.40. The number of nitrogens with one attached hydrogen (secondary N) is 10. The van der Waals surface area contributed by atoms with Gasteiger partial charge in [-0.2, -0.15) is 20.4 Å². The van der Waals surface area contributed by atoms with Crippen molar-refractivity contribution in [2.75, 3.05) is 96.8 Å². The normalized spacial score (nSPS) is 12.1. The first kappa shape index (κ1) is 90.6. The third-order valence-corrected chi connectivity index (χ3v) is 26.7. The molecule has 33 nitrogen and oxygen atoms in total. The SMILES string of the molecule is CCN(CC)c1ccc(NC(=O)c2cccc3[nH]c(-c4n[nH]c5ncc(-c6cncc7ccccc67)cc45)nc23)c(C)c1.CCN(CC)c1ccc2nc(-c3[nH]nc4ncc(-c5cccnc5)cc34)[nH]c2c1.CN(C)c1ccc(NC(=O)c2cccc3[nH]c(-c4n[nH]c5ncc(-c6cncc7ccccc67)cc45)nc23)cc1.c1ccc2c(-c3cnc4n[nH]c(-c5nc6ccc(N7CCOCC7)cc6[nH]5)c4c3)cncc2c1. The zero-order valence-electron chi connectivity index (χ0n) is 80.6. The van der Waals surface area contributed by atoms with Crippen LogP contribution in [0.1, 0.15) is 54.0 Å². The number of H-pyrrole nitrogens is 8. The number of rotatable bonds is 20. The number of hydrogen-bond donors (Lipinski definition) is 10. The van der Waals surface area contributed by atoms with E-state index in [1.807, 2.05) is 221 Å². The van der Waals surface area contributed by atoms with E-state index in [-0.39, 0.29) is 11.8 Å². The number of aromatic amines is 8. The van der Waals surface area contributed by atoms with E-state index in [9.17, 15) is 9.59 Å². The van der Waals surface area contributed by atoms with Crippen molar-refractivity contribution in [3.63, 3.8) is 0 Å². The smallest absolute Gasteiger partial charge is 0.257 e. The average Bonchev–Trinajstić information content (AvgIpc) is 1.61. The summed E-state index contributed by atoms with van der Waals surface area (Å²) in [5, 5.41) is 46.2. The zero-order valence-corrected chi connectivity index (χ0v) is 80.6. The molecule has 26 rings (SSSR count). The third-order valence-electron chi connectivity index (χ3n) is 26.7. The van der Waals surface area contributed by atoms with Crippen LogP contribution in [0.15, 0.2) is 299 Å². The number of aryl methyl sites for hydroxylation is 1. The van der Waals surface area contributed by atoms with Gasteiger partial charge in [-0.15, -0.1) is 0 Å². The van der Waals surface area contributed by atoms with Gasteiger partial charge in [0.05, 0.1) is 79.0 Å². The first-order valence-electron chi connectivity index (χ1n) is 48.3. The molecule has 0 bridgehead atoms. The number of para-hydroxylation sites is 2.